The number of thiophene rings is 1. The Morgan fingerprint density at radius 2 is 2.00 bits per heavy atom. The summed E-state index contributed by atoms with van der Waals surface area (Å²) in [5, 5.41) is 9.06. The summed E-state index contributed by atoms with van der Waals surface area (Å²) in [5.41, 5.74) is 12.7. The number of rotatable bonds is 5. The van der Waals surface area contributed by atoms with Crippen molar-refractivity contribution in [2.24, 2.45) is 5.73 Å². The van der Waals surface area contributed by atoms with Gasteiger partial charge in [-0.25, -0.2) is 4.98 Å². The normalized spacial score (nSPS) is 10.5. The molecule has 0 aliphatic carbocycles. The van der Waals surface area contributed by atoms with Crippen molar-refractivity contribution in [3.63, 3.8) is 0 Å². The van der Waals surface area contributed by atoms with Gasteiger partial charge < -0.3 is 11.5 Å². The number of nitrogen functional groups attached to an aromatic ring is 1. The first kappa shape index (κ1) is 17.0. The molecule has 2 heterocycles. The van der Waals surface area contributed by atoms with Crippen LogP contribution in [0.15, 0.2) is 40.6 Å². The number of hydrogen-bond acceptors (Lipinski definition) is 7. The van der Waals surface area contributed by atoms with E-state index in [1.807, 2.05) is 12.1 Å². The summed E-state index contributed by atoms with van der Waals surface area (Å²) in [7, 11) is 0. The average molecular weight is 368 g/mol. The fourth-order valence-corrected chi connectivity index (χ4v) is 4.63. The van der Waals surface area contributed by atoms with Crippen molar-refractivity contribution in [1.29, 1.82) is 5.26 Å². The molecule has 0 unspecified atom stereocenters. The van der Waals surface area contributed by atoms with E-state index in [4.69, 9.17) is 16.7 Å². The Morgan fingerprint density at radius 3 is 2.64 bits per heavy atom. The van der Waals surface area contributed by atoms with Crippen molar-refractivity contribution < 1.29 is 9.59 Å². The molecule has 0 saturated heterocycles. The molecule has 0 bridgehead atoms. The number of Topliss-reactive ketones (excluding diaryl/α,β-unsaturated/α-hetero) is 1. The first-order chi connectivity index (χ1) is 12.0. The summed E-state index contributed by atoms with van der Waals surface area (Å²) < 4.78 is 1.22. The van der Waals surface area contributed by atoms with Gasteiger partial charge in [0.2, 0.25) is 0 Å². The van der Waals surface area contributed by atoms with Gasteiger partial charge in [-0.15, -0.1) is 23.1 Å². The molecule has 124 valence electrons. The van der Waals surface area contributed by atoms with Gasteiger partial charge in [-0.3, -0.25) is 9.59 Å². The van der Waals surface area contributed by atoms with Crippen molar-refractivity contribution >= 4 is 50.8 Å². The van der Waals surface area contributed by atoms with E-state index in [0.29, 0.717) is 20.0 Å². The van der Waals surface area contributed by atoms with Gasteiger partial charge >= 0.3 is 0 Å². The number of anilines is 1. The van der Waals surface area contributed by atoms with Crippen LogP contribution >= 0.6 is 23.1 Å². The lowest BCUT2D eigenvalue weighted by atomic mass is 10.2. The standard InChI is InChI=1S/C17H12N4O2S2/c18-7-10-6-12-14(21-15(10)19)13(16(20)23)17(25-12)24-8-11(22)9-4-2-1-3-5-9/h1-6H,8H2,(H2,19,21)(H2,20,23). The van der Waals surface area contributed by atoms with Gasteiger partial charge in [0, 0.05) is 5.56 Å². The minimum Gasteiger partial charge on any atom is -0.383 e. The number of aromatic nitrogens is 1. The van der Waals surface area contributed by atoms with Crippen molar-refractivity contribution in [3.8, 4) is 6.07 Å². The Balaban J connectivity index is 1.96. The van der Waals surface area contributed by atoms with E-state index in [-0.39, 0.29) is 28.5 Å². The molecule has 4 N–H and O–H groups in total. The molecule has 1 amide bonds. The third-order valence-electron chi connectivity index (χ3n) is 3.46. The highest BCUT2D eigenvalue weighted by Crippen LogP contribution is 2.38. The van der Waals surface area contributed by atoms with Crippen LogP contribution < -0.4 is 11.5 Å². The Hall–Kier alpha value is -2.89. The fourth-order valence-electron chi connectivity index (χ4n) is 2.26. The van der Waals surface area contributed by atoms with E-state index in [2.05, 4.69) is 4.98 Å². The number of primary amides is 1. The number of pyridine rings is 1. The van der Waals surface area contributed by atoms with Gasteiger partial charge in [0.15, 0.2) is 5.78 Å². The topological polar surface area (TPSA) is 123 Å². The summed E-state index contributed by atoms with van der Waals surface area (Å²) >= 11 is 2.50. The number of carbonyl (C=O) groups excluding carboxylic acids is 2. The molecule has 0 radical (unpaired) electrons. The number of ketones is 1. The van der Waals surface area contributed by atoms with Crippen molar-refractivity contribution in [3.05, 3.63) is 53.1 Å². The first-order valence-electron chi connectivity index (χ1n) is 7.15. The van der Waals surface area contributed by atoms with Gasteiger partial charge in [0.05, 0.1) is 31.3 Å². The third kappa shape index (κ3) is 3.33. The van der Waals surface area contributed by atoms with Gasteiger partial charge in [0.1, 0.15) is 11.9 Å². The second kappa shape index (κ2) is 6.93. The highest BCUT2D eigenvalue weighted by Gasteiger charge is 2.21. The fraction of sp³-hybridized carbons (Fsp3) is 0.0588. The molecule has 0 atom stereocenters. The number of amides is 1. The zero-order chi connectivity index (χ0) is 18.0. The number of nitrogens with zero attached hydrogens (tertiary/aromatic N) is 2. The second-order valence-electron chi connectivity index (χ2n) is 5.09. The van der Waals surface area contributed by atoms with E-state index in [9.17, 15) is 9.59 Å². The number of benzene rings is 1. The lowest BCUT2D eigenvalue weighted by Gasteiger charge is -2.02. The maximum absolute atomic E-state index is 12.3. The van der Waals surface area contributed by atoms with E-state index in [1.165, 1.54) is 23.1 Å². The van der Waals surface area contributed by atoms with Gasteiger partial charge in [-0.05, 0) is 6.07 Å². The second-order valence-corrected chi connectivity index (χ2v) is 7.38. The monoisotopic (exact) mass is 368 g/mol. The van der Waals surface area contributed by atoms with E-state index in [0.717, 1.165) is 0 Å². The summed E-state index contributed by atoms with van der Waals surface area (Å²) in [6.07, 6.45) is 0. The zero-order valence-corrected chi connectivity index (χ0v) is 14.5. The Morgan fingerprint density at radius 1 is 1.28 bits per heavy atom. The highest BCUT2D eigenvalue weighted by atomic mass is 32.2. The Bertz CT molecular complexity index is 1020. The third-order valence-corrected chi connectivity index (χ3v) is 5.85. The zero-order valence-electron chi connectivity index (χ0n) is 12.9. The van der Waals surface area contributed by atoms with Crippen LogP contribution in [0.2, 0.25) is 0 Å². The van der Waals surface area contributed by atoms with Crippen LogP contribution in [0.3, 0.4) is 0 Å². The first-order valence-corrected chi connectivity index (χ1v) is 8.95. The van der Waals surface area contributed by atoms with Gasteiger partial charge in [-0.2, -0.15) is 5.26 Å². The average Bonchev–Trinajstić information content (AvgIpc) is 2.96. The van der Waals surface area contributed by atoms with E-state index >= 15 is 0 Å². The van der Waals surface area contributed by atoms with Crippen molar-refractivity contribution in [2.75, 3.05) is 11.5 Å². The summed E-state index contributed by atoms with van der Waals surface area (Å²) in [6, 6.07) is 12.4. The van der Waals surface area contributed by atoms with Gasteiger partial charge in [-0.1, -0.05) is 30.3 Å². The van der Waals surface area contributed by atoms with Crippen LogP contribution in [-0.4, -0.2) is 22.4 Å². The number of hydrogen-bond donors (Lipinski definition) is 2. The molecule has 3 aromatic rings. The van der Waals surface area contributed by atoms with E-state index in [1.54, 1.807) is 30.3 Å². The van der Waals surface area contributed by atoms with Crippen LogP contribution in [-0.2, 0) is 0 Å². The molecule has 3 rings (SSSR count). The van der Waals surface area contributed by atoms with Crippen molar-refractivity contribution in [2.45, 2.75) is 4.21 Å². The molecule has 0 aliphatic heterocycles. The molecule has 2 aromatic heterocycles. The maximum Gasteiger partial charge on any atom is 0.252 e. The molecule has 8 heteroatoms. The molecular formula is C17H12N4O2S2. The lowest BCUT2D eigenvalue weighted by Crippen LogP contribution is -2.12. The van der Waals surface area contributed by atoms with Gasteiger partial charge in [0.25, 0.3) is 5.91 Å². The number of fused-ring (bicyclic) bond motifs is 1. The quantitative estimate of drug-likeness (QED) is 0.527. The van der Waals surface area contributed by atoms with Crippen LogP contribution in [0.4, 0.5) is 5.82 Å². The van der Waals surface area contributed by atoms with E-state index < -0.39 is 5.91 Å². The molecule has 0 fully saturated rings. The van der Waals surface area contributed by atoms with Crippen LogP contribution in [0.1, 0.15) is 26.3 Å². The summed E-state index contributed by atoms with van der Waals surface area (Å²) in [4.78, 5) is 28.3. The molecule has 1 aromatic carbocycles. The minimum absolute atomic E-state index is 0.0483. The molecule has 0 spiro atoms. The van der Waals surface area contributed by atoms with Crippen LogP contribution in [0, 0.1) is 11.3 Å². The Labute approximate surface area is 151 Å². The SMILES string of the molecule is N#Cc1cc2sc(SCC(=O)c3ccccc3)c(C(N)=O)c2nc1N. The molecule has 6 nitrogen and oxygen atoms in total. The molecular weight excluding hydrogens is 356 g/mol. The molecule has 0 saturated carbocycles. The molecule has 0 aliphatic rings. The minimum atomic E-state index is -0.641. The van der Waals surface area contributed by atoms with Crippen LogP contribution in [0.5, 0.6) is 0 Å². The molecule has 25 heavy (non-hydrogen) atoms. The predicted octanol–water partition coefficient (Wildman–Crippen LogP) is 2.82. The number of thioether (sulfide) groups is 1. The maximum atomic E-state index is 12.3. The highest BCUT2D eigenvalue weighted by molar-refractivity contribution is 8.02. The Kier molecular flexibility index (Phi) is 4.70. The lowest BCUT2D eigenvalue weighted by molar-refractivity contribution is 0.0995. The van der Waals surface area contributed by atoms with Crippen molar-refractivity contribution in [1.82, 2.24) is 4.98 Å². The number of nitriles is 1. The number of carbonyl (C=O) groups is 2. The summed E-state index contributed by atoms with van der Waals surface area (Å²) in [5.74, 6) is -0.481. The van der Waals surface area contributed by atoms with Crippen LogP contribution in [0.25, 0.3) is 10.2 Å². The summed E-state index contributed by atoms with van der Waals surface area (Å²) in [6.45, 7) is 0. The smallest absolute Gasteiger partial charge is 0.252 e. The predicted molar refractivity (Wildman–Crippen MR) is 98.8 cm³/mol. The largest absolute Gasteiger partial charge is 0.383 e. The number of nitrogens with two attached hydrogens (primary N) is 2.